The minimum Gasteiger partial charge on any atom is -0.322 e. The first-order valence-corrected chi connectivity index (χ1v) is 12.4. The number of carbonyl (C=O) groups is 1. The molecule has 0 bridgehead atoms. The molecule has 1 amide bonds. The Balaban J connectivity index is 1.52. The molecule has 0 fully saturated rings. The Hall–Kier alpha value is -1.77. The van der Waals surface area contributed by atoms with Crippen LogP contribution in [0.5, 0.6) is 0 Å². The summed E-state index contributed by atoms with van der Waals surface area (Å²) in [5.41, 5.74) is 4.98. The molecule has 0 aromatic carbocycles. The lowest BCUT2D eigenvalue weighted by atomic mass is 10.1. The van der Waals surface area contributed by atoms with Crippen LogP contribution in [0.4, 0.5) is 0 Å². The highest BCUT2D eigenvalue weighted by atomic mass is 32.1. The zero-order valence-corrected chi connectivity index (χ0v) is 18.6. The molecular formula is C21H23N3O2S3. The number of aromatic amines is 1. The Morgan fingerprint density at radius 2 is 1.72 bits per heavy atom. The summed E-state index contributed by atoms with van der Waals surface area (Å²) >= 11 is 8.60. The zero-order chi connectivity index (χ0) is 20.0. The van der Waals surface area contributed by atoms with Gasteiger partial charge in [0.1, 0.15) is 4.83 Å². The van der Waals surface area contributed by atoms with Crippen molar-refractivity contribution in [3.63, 3.8) is 0 Å². The van der Waals surface area contributed by atoms with Crippen LogP contribution >= 0.6 is 34.9 Å². The van der Waals surface area contributed by atoms with E-state index in [1.807, 2.05) is 6.07 Å². The van der Waals surface area contributed by atoms with Crippen molar-refractivity contribution in [3.8, 4) is 0 Å². The van der Waals surface area contributed by atoms with Crippen molar-refractivity contribution in [2.75, 3.05) is 5.43 Å². The van der Waals surface area contributed by atoms with Crippen molar-refractivity contribution in [1.82, 2.24) is 9.66 Å². The van der Waals surface area contributed by atoms with E-state index in [-0.39, 0.29) is 16.2 Å². The molecule has 2 N–H and O–H groups in total. The first-order chi connectivity index (χ1) is 14.1. The van der Waals surface area contributed by atoms with Crippen LogP contribution in [0, 0.1) is 4.77 Å². The minimum absolute atomic E-state index is 0.213. The molecule has 0 unspecified atom stereocenters. The minimum atomic E-state index is -0.259. The summed E-state index contributed by atoms with van der Waals surface area (Å²) in [6.07, 6.45) is 11.1. The summed E-state index contributed by atoms with van der Waals surface area (Å²) in [4.78, 5) is 33.5. The number of H-pyrrole nitrogens is 1. The maximum Gasteiger partial charge on any atom is 0.282 e. The molecule has 5 rings (SSSR count). The van der Waals surface area contributed by atoms with E-state index in [1.54, 1.807) is 22.7 Å². The van der Waals surface area contributed by atoms with E-state index in [4.69, 9.17) is 12.2 Å². The summed E-state index contributed by atoms with van der Waals surface area (Å²) < 4.78 is 1.47. The summed E-state index contributed by atoms with van der Waals surface area (Å²) in [5.74, 6) is -0.259. The van der Waals surface area contributed by atoms with Crippen molar-refractivity contribution < 1.29 is 4.79 Å². The van der Waals surface area contributed by atoms with Crippen molar-refractivity contribution >= 4 is 51.0 Å². The maximum absolute atomic E-state index is 13.3. The first-order valence-electron chi connectivity index (χ1n) is 10.3. The molecule has 0 atom stereocenters. The van der Waals surface area contributed by atoms with E-state index in [0.717, 1.165) is 48.9 Å². The number of rotatable bonds is 2. The SMILES string of the molecule is O=C(Nn1c(=S)[nH]c2sc3c(c2c1=O)CCCCC3)c1cc2c(s1)CCCCC2. The largest absolute Gasteiger partial charge is 0.322 e. The average Bonchev–Trinajstić information content (AvgIpc) is 3.08. The van der Waals surface area contributed by atoms with Crippen LogP contribution in [0.3, 0.4) is 0 Å². The monoisotopic (exact) mass is 445 g/mol. The van der Waals surface area contributed by atoms with Crippen molar-refractivity contribution in [1.29, 1.82) is 0 Å². The van der Waals surface area contributed by atoms with Gasteiger partial charge in [-0.1, -0.05) is 12.8 Å². The molecular weight excluding hydrogens is 422 g/mol. The number of fused-ring (bicyclic) bond motifs is 4. The van der Waals surface area contributed by atoms with Crippen molar-refractivity contribution in [2.24, 2.45) is 0 Å². The number of thiophene rings is 2. The Kier molecular flexibility index (Phi) is 5.17. The maximum atomic E-state index is 13.3. The molecule has 0 saturated heterocycles. The average molecular weight is 446 g/mol. The van der Waals surface area contributed by atoms with Gasteiger partial charge in [0.05, 0.1) is 10.3 Å². The molecule has 2 aliphatic rings. The van der Waals surface area contributed by atoms with E-state index in [2.05, 4.69) is 10.4 Å². The Morgan fingerprint density at radius 3 is 2.55 bits per heavy atom. The number of nitrogens with zero attached hydrogens (tertiary/aromatic N) is 1. The van der Waals surface area contributed by atoms with Gasteiger partial charge in [-0.05, 0) is 80.8 Å². The Labute approximate surface area is 181 Å². The molecule has 0 aliphatic heterocycles. The first kappa shape index (κ1) is 19.2. The van der Waals surface area contributed by atoms with Crippen LogP contribution < -0.4 is 11.0 Å². The number of aromatic nitrogens is 2. The molecule has 5 nitrogen and oxygen atoms in total. The molecule has 152 valence electrons. The second kappa shape index (κ2) is 7.81. The van der Waals surface area contributed by atoms with Gasteiger partial charge in [0.15, 0.2) is 0 Å². The molecule has 3 aromatic rings. The Morgan fingerprint density at radius 1 is 1.00 bits per heavy atom. The highest BCUT2D eigenvalue weighted by Crippen LogP contribution is 2.33. The molecule has 2 aliphatic carbocycles. The summed E-state index contributed by atoms with van der Waals surface area (Å²) in [6.45, 7) is 0. The number of aryl methyl sites for hydroxylation is 4. The molecule has 0 radical (unpaired) electrons. The molecule has 29 heavy (non-hydrogen) atoms. The quantitative estimate of drug-likeness (QED) is 0.426. The summed E-state index contributed by atoms with van der Waals surface area (Å²) in [7, 11) is 0. The topological polar surface area (TPSA) is 66.9 Å². The van der Waals surface area contributed by atoms with E-state index in [9.17, 15) is 9.59 Å². The van der Waals surface area contributed by atoms with Gasteiger partial charge in [0.2, 0.25) is 4.77 Å². The van der Waals surface area contributed by atoms with Gasteiger partial charge in [-0.3, -0.25) is 15.0 Å². The highest BCUT2D eigenvalue weighted by molar-refractivity contribution is 7.71. The fraction of sp³-hybridized carbons (Fsp3) is 0.476. The summed E-state index contributed by atoms with van der Waals surface area (Å²) in [5, 5.41) is 0.697. The van der Waals surface area contributed by atoms with Crippen LogP contribution in [0.15, 0.2) is 10.9 Å². The van der Waals surface area contributed by atoms with Gasteiger partial charge in [-0.15, -0.1) is 22.7 Å². The third kappa shape index (κ3) is 3.51. The van der Waals surface area contributed by atoms with E-state index < -0.39 is 0 Å². The van der Waals surface area contributed by atoms with Gasteiger partial charge in [0.25, 0.3) is 11.5 Å². The lowest BCUT2D eigenvalue weighted by Gasteiger charge is -2.08. The third-order valence-corrected chi connectivity index (χ3v) is 8.67. The molecule has 3 heterocycles. The number of carbonyl (C=O) groups excluding carboxylic acids is 1. The number of nitrogens with one attached hydrogen (secondary N) is 2. The smallest absolute Gasteiger partial charge is 0.282 e. The van der Waals surface area contributed by atoms with Gasteiger partial charge in [-0.2, -0.15) is 4.68 Å². The summed E-state index contributed by atoms with van der Waals surface area (Å²) in [6, 6.07) is 1.99. The van der Waals surface area contributed by atoms with Gasteiger partial charge >= 0.3 is 0 Å². The van der Waals surface area contributed by atoms with Crippen LogP contribution in [-0.2, 0) is 25.7 Å². The van der Waals surface area contributed by atoms with Gasteiger partial charge < -0.3 is 4.98 Å². The standard InChI is InChI=1S/C21H23N3O2S3/c25-18(16-11-12-7-3-1-5-9-14(12)28-16)23-24-20(26)17-13-8-4-2-6-10-15(13)29-19(17)22-21(24)27/h11H,1-10H2,(H,22,27)(H,23,25). The molecule has 0 spiro atoms. The van der Waals surface area contributed by atoms with E-state index >= 15 is 0 Å². The number of amides is 1. The molecule has 3 aromatic heterocycles. The molecule has 8 heteroatoms. The van der Waals surface area contributed by atoms with Crippen molar-refractivity contribution in [2.45, 2.75) is 64.2 Å². The third-order valence-electron chi connectivity index (χ3n) is 5.95. The predicted molar refractivity (Wildman–Crippen MR) is 122 cm³/mol. The Bertz CT molecular complexity index is 1190. The highest BCUT2D eigenvalue weighted by Gasteiger charge is 2.21. The number of hydrogen-bond donors (Lipinski definition) is 2. The van der Waals surface area contributed by atoms with Gasteiger partial charge in [-0.25, -0.2) is 0 Å². The van der Waals surface area contributed by atoms with Crippen LogP contribution in [0.25, 0.3) is 10.2 Å². The van der Waals surface area contributed by atoms with Gasteiger partial charge in [0, 0.05) is 9.75 Å². The lowest BCUT2D eigenvalue weighted by molar-refractivity contribution is 0.101. The van der Waals surface area contributed by atoms with E-state index in [0.29, 0.717) is 10.3 Å². The zero-order valence-electron chi connectivity index (χ0n) is 16.1. The predicted octanol–water partition coefficient (Wildman–Crippen LogP) is 5.10. The number of hydrogen-bond acceptors (Lipinski definition) is 5. The fourth-order valence-corrected chi connectivity index (χ4v) is 7.17. The normalized spacial score (nSPS) is 16.7. The van der Waals surface area contributed by atoms with Crippen LogP contribution in [0.1, 0.15) is 69.1 Å². The molecule has 0 saturated carbocycles. The second-order valence-corrected chi connectivity index (χ2v) is 10.5. The van der Waals surface area contributed by atoms with E-state index in [1.165, 1.54) is 45.7 Å². The van der Waals surface area contributed by atoms with Crippen molar-refractivity contribution in [3.05, 3.63) is 46.9 Å². The van der Waals surface area contributed by atoms with Crippen LogP contribution in [0.2, 0.25) is 0 Å². The lowest BCUT2D eigenvalue weighted by Crippen LogP contribution is -2.34. The second-order valence-electron chi connectivity index (χ2n) is 7.90. The van der Waals surface area contributed by atoms with Crippen LogP contribution in [-0.4, -0.2) is 15.6 Å². The fourth-order valence-electron chi connectivity index (χ4n) is 4.45.